The first-order valence-electron chi connectivity index (χ1n) is 10.2. The van der Waals surface area contributed by atoms with Gasteiger partial charge in [0.05, 0.1) is 25.0 Å². The maximum absolute atomic E-state index is 10.6. The number of fused-ring (bicyclic) bond motifs is 1. The van der Waals surface area contributed by atoms with Crippen LogP contribution in [0.1, 0.15) is 0 Å². The minimum Gasteiger partial charge on any atom is -0.387 e. The molecule has 3 aliphatic rings. The number of hydrogen-bond donors (Lipinski definition) is 7. The normalized spacial score (nSPS) is 37.8. The van der Waals surface area contributed by atoms with Crippen molar-refractivity contribution in [1.29, 1.82) is 0 Å². The molecule has 3 heterocycles. The van der Waals surface area contributed by atoms with E-state index in [0.29, 0.717) is 19.9 Å². The number of anilines is 1. The Labute approximate surface area is 171 Å². The molecule has 0 aliphatic carbocycles. The average Bonchev–Trinajstić information content (AvgIpc) is 3.26. The highest BCUT2D eigenvalue weighted by Crippen LogP contribution is 2.28. The van der Waals surface area contributed by atoms with E-state index in [4.69, 9.17) is 10.5 Å². The number of benzene rings is 1. The second-order valence-electron chi connectivity index (χ2n) is 8.06. The van der Waals surface area contributed by atoms with Crippen molar-refractivity contribution in [2.24, 2.45) is 5.73 Å². The van der Waals surface area contributed by atoms with Crippen LogP contribution >= 0.6 is 0 Å². The maximum atomic E-state index is 10.6. The highest BCUT2D eigenvalue weighted by atomic mass is 16.6. The fourth-order valence-corrected chi connectivity index (χ4v) is 4.35. The molecule has 0 aromatic heterocycles. The molecule has 3 saturated heterocycles. The van der Waals surface area contributed by atoms with Gasteiger partial charge in [0.25, 0.3) is 0 Å². The van der Waals surface area contributed by atoms with Gasteiger partial charge in [-0.2, -0.15) is 0 Å². The van der Waals surface area contributed by atoms with E-state index < -0.39 is 24.5 Å². The Hall–Kier alpha value is -1.34. The summed E-state index contributed by atoms with van der Waals surface area (Å²) in [4.78, 5) is 4.11. The van der Waals surface area contributed by atoms with Crippen molar-refractivity contribution >= 4 is 5.69 Å². The predicted octanol–water partition coefficient (Wildman–Crippen LogP) is -2.53. The molecule has 29 heavy (non-hydrogen) atoms. The summed E-state index contributed by atoms with van der Waals surface area (Å²) >= 11 is 0. The number of rotatable bonds is 7. The minimum atomic E-state index is -0.968. The van der Waals surface area contributed by atoms with E-state index >= 15 is 0 Å². The fourth-order valence-electron chi connectivity index (χ4n) is 4.35. The third-order valence-electron chi connectivity index (χ3n) is 6.00. The summed E-state index contributed by atoms with van der Waals surface area (Å²) in [6.07, 6.45) is -3.15. The van der Waals surface area contributed by atoms with Crippen LogP contribution in [0.3, 0.4) is 0 Å². The monoisotopic (exact) mass is 407 g/mol. The van der Waals surface area contributed by atoms with Gasteiger partial charge in [-0.3, -0.25) is 16.0 Å². The molecule has 0 bridgehead atoms. The number of para-hydroxylation sites is 1. The number of aliphatic hydroxyl groups excluding tert-OH is 2. The molecular weight excluding hydrogens is 374 g/mol. The topological polar surface area (TPSA) is 130 Å². The predicted molar refractivity (Wildman–Crippen MR) is 110 cm³/mol. The van der Waals surface area contributed by atoms with E-state index in [2.05, 4.69) is 26.2 Å². The van der Waals surface area contributed by atoms with Crippen LogP contribution in [0.4, 0.5) is 5.69 Å². The first kappa shape index (κ1) is 20.9. The SMILES string of the molecule is CN(CCNc1ccccc1)CC1O[C@@H](N2CNC3C(N)NCNC32)[C@H](O)[C@@H]1O. The van der Waals surface area contributed by atoms with Crippen molar-refractivity contribution in [1.82, 2.24) is 25.8 Å². The van der Waals surface area contributed by atoms with E-state index in [-0.39, 0.29) is 18.4 Å². The van der Waals surface area contributed by atoms with Gasteiger partial charge in [-0.15, -0.1) is 0 Å². The largest absolute Gasteiger partial charge is 0.387 e. The van der Waals surface area contributed by atoms with Crippen molar-refractivity contribution in [3.05, 3.63) is 30.3 Å². The molecular formula is C19H33N7O3. The molecule has 0 spiro atoms. The lowest BCUT2D eigenvalue weighted by atomic mass is 10.1. The van der Waals surface area contributed by atoms with Crippen molar-refractivity contribution in [2.45, 2.75) is 42.9 Å². The number of likely N-dealkylation sites (N-methyl/N-ethyl adjacent to an activating group) is 1. The smallest absolute Gasteiger partial charge is 0.142 e. The Balaban J connectivity index is 1.28. The number of hydrogen-bond acceptors (Lipinski definition) is 10. The number of nitrogens with two attached hydrogens (primary N) is 1. The lowest BCUT2D eigenvalue weighted by Crippen LogP contribution is -2.68. The highest BCUT2D eigenvalue weighted by Gasteiger charge is 2.51. The first-order chi connectivity index (χ1) is 14.0. The Morgan fingerprint density at radius 1 is 1.21 bits per heavy atom. The van der Waals surface area contributed by atoms with Gasteiger partial charge in [0, 0.05) is 32.0 Å². The number of nitrogens with one attached hydrogen (secondary N) is 4. The summed E-state index contributed by atoms with van der Waals surface area (Å²) in [5.74, 6) is 0. The molecule has 3 aliphatic heterocycles. The molecule has 4 unspecified atom stereocenters. The van der Waals surface area contributed by atoms with Crippen LogP contribution in [-0.2, 0) is 4.74 Å². The van der Waals surface area contributed by atoms with E-state index in [1.165, 1.54) is 0 Å². The van der Waals surface area contributed by atoms with Gasteiger partial charge in [-0.05, 0) is 19.2 Å². The Morgan fingerprint density at radius 3 is 2.79 bits per heavy atom. The van der Waals surface area contributed by atoms with E-state index in [1.54, 1.807) is 0 Å². The number of ether oxygens (including phenoxy) is 1. The van der Waals surface area contributed by atoms with Gasteiger partial charge in [-0.25, -0.2) is 4.90 Å². The van der Waals surface area contributed by atoms with Crippen LogP contribution in [0, 0.1) is 0 Å². The fraction of sp³-hybridized carbons (Fsp3) is 0.684. The Bertz CT molecular complexity index is 654. The standard InChI is InChI=1S/C19H33N7O3/c1-25(8-7-21-12-5-3-2-4-6-12)9-13-15(27)16(28)19(29-13)26-11-24-14-17(20)22-10-23-18(14)26/h2-6,13-19,21-24,27-28H,7-11,20H2,1H3/t13?,14?,15-,16-,17?,18?,19-/m1/s1. The molecule has 0 radical (unpaired) electrons. The van der Waals surface area contributed by atoms with Crippen molar-refractivity contribution in [2.75, 3.05) is 45.3 Å². The summed E-state index contributed by atoms with van der Waals surface area (Å²) in [5.41, 5.74) is 7.20. The molecule has 7 atom stereocenters. The molecule has 8 N–H and O–H groups in total. The van der Waals surface area contributed by atoms with Crippen LogP contribution in [0.2, 0.25) is 0 Å². The van der Waals surface area contributed by atoms with Gasteiger partial charge in [0.15, 0.2) is 0 Å². The molecule has 10 nitrogen and oxygen atoms in total. The molecule has 162 valence electrons. The van der Waals surface area contributed by atoms with Crippen molar-refractivity contribution < 1.29 is 14.9 Å². The zero-order valence-electron chi connectivity index (χ0n) is 16.7. The zero-order valence-corrected chi connectivity index (χ0v) is 16.7. The van der Waals surface area contributed by atoms with Crippen molar-refractivity contribution in [3.8, 4) is 0 Å². The number of aliphatic hydroxyl groups is 2. The van der Waals surface area contributed by atoms with Gasteiger partial charge < -0.3 is 30.9 Å². The van der Waals surface area contributed by atoms with Gasteiger partial charge >= 0.3 is 0 Å². The number of nitrogens with zero attached hydrogens (tertiary/aromatic N) is 2. The minimum absolute atomic E-state index is 0.0162. The molecule has 0 amide bonds. The first-order valence-corrected chi connectivity index (χ1v) is 10.2. The summed E-state index contributed by atoms with van der Waals surface area (Å²) in [7, 11) is 1.99. The summed E-state index contributed by atoms with van der Waals surface area (Å²) < 4.78 is 6.11. The molecule has 3 fully saturated rings. The Kier molecular flexibility index (Phi) is 6.64. The lowest BCUT2D eigenvalue weighted by molar-refractivity contribution is -0.106. The van der Waals surface area contributed by atoms with E-state index in [9.17, 15) is 10.2 Å². The molecule has 1 aromatic carbocycles. The maximum Gasteiger partial charge on any atom is 0.142 e. The highest BCUT2D eigenvalue weighted by molar-refractivity contribution is 5.42. The zero-order chi connectivity index (χ0) is 20.4. The van der Waals surface area contributed by atoms with Gasteiger partial charge in [-0.1, -0.05) is 18.2 Å². The Morgan fingerprint density at radius 2 is 2.00 bits per heavy atom. The second-order valence-corrected chi connectivity index (χ2v) is 8.06. The average molecular weight is 408 g/mol. The van der Waals surface area contributed by atoms with Gasteiger partial charge in [0.2, 0.25) is 0 Å². The van der Waals surface area contributed by atoms with Crippen molar-refractivity contribution in [3.63, 3.8) is 0 Å². The lowest BCUT2D eigenvalue weighted by Gasteiger charge is -2.38. The molecule has 4 rings (SSSR count). The summed E-state index contributed by atoms with van der Waals surface area (Å²) in [5, 5.41) is 34.4. The quantitative estimate of drug-likeness (QED) is 0.260. The van der Waals surface area contributed by atoms with E-state index in [1.807, 2.05) is 42.3 Å². The summed E-state index contributed by atoms with van der Waals surface area (Å²) in [6.45, 7) is 3.24. The van der Waals surface area contributed by atoms with Gasteiger partial charge in [0.1, 0.15) is 24.5 Å². The van der Waals surface area contributed by atoms with Crippen LogP contribution in [0.15, 0.2) is 30.3 Å². The van der Waals surface area contributed by atoms with Crippen LogP contribution in [0.5, 0.6) is 0 Å². The third kappa shape index (κ3) is 4.55. The molecule has 1 aromatic rings. The third-order valence-corrected chi connectivity index (χ3v) is 6.00. The van der Waals surface area contributed by atoms with Crippen LogP contribution in [0.25, 0.3) is 0 Å². The van der Waals surface area contributed by atoms with Crippen LogP contribution in [-0.4, -0.2) is 103 Å². The van der Waals surface area contributed by atoms with E-state index in [0.717, 1.165) is 18.8 Å². The second kappa shape index (κ2) is 9.21. The molecule has 0 saturated carbocycles. The van der Waals surface area contributed by atoms with Crippen LogP contribution < -0.4 is 27.0 Å². The molecule has 10 heteroatoms. The summed E-state index contributed by atoms with van der Waals surface area (Å²) in [6, 6.07) is 10.1.